The summed E-state index contributed by atoms with van der Waals surface area (Å²) >= 11 is 0. The standard InChI is InChI=1S/C19H24O3/c1-2-3-4-5-13-18(19(20)21)22-14-16-11-8-10-15-9-6-7-12-17(15)16/h6-12,18H,2-5,13-14H2,1H3,(H,20,21). The lowest BCUT2D eigenvalue weighted by Crippen LogP contribution is -2.23. The molecule has 0 radical (unpaired) electrons. The molecule has 3 nitrogen and oxygen atoms in total. The fourth-order valence-corrected chi connectivity index (χ4v) is 2.64. The van der Waals surface area contributed by atoms with Gasteiger partial charge in [0, 0.05) is 0 Å². The summed E-state index contributed by atoms with van der Waals surface area (Å²) in [6.07, 6.45) is 4.14. The zero-order valence-corrected chi connectivity index (χ0v) is 13.1. The quantitative estimate of drug-likeness (QED) is 0.678. The summed E-state index contributed by atoms with van der Waals surface area (Å²) in [5.41, 5.74) is 1.04. The Bertz CT molecular complexity index is 601. The second-order valence-corrected chi connectivity index (χ2v) is 5.63. The van der Waals surface area contributed by atoms with Crippen LogP contribution in [0.2, 0.25) is 0 Å². The number of carbonyl (C=O) groups is 1. The summed E-state index contributed by atoms with van der Waals surface area (Å²) in [6, 6.07) is 14.1. The van der Waals surface area contributed by atoms with E-state index in [0.717, 1.165) is 42.0 Å². The first-order chi connectivity index (χ1) is 10.7. The van der Waals surface area contributed by atoms with E-state index < -0.39 is 12.1 Å². The second-order valence-electron chi connectivity index (χ2n) is 5.63. The Kier molecular flexibility index (Phi) is 6.41. The van der Waals surface area contributed by atoms with E-state index in [1.54, 1.807) is 0 Å². The highest BCUT2D eigenvalue weighted by atomic mass is 16.5. The van der Waals surface area contributed by atoms with Gasteiger partial charge in [0.2, 0.25) is 0 Å². The molecule has 3 heteroatoms. The maximum Gasteiger partial charge on any atom is 0.332 e. The SMILES string of the molecule is CCCCCCC(OCc1cccc2ccccc12)C(=O)O. The number of hydrogen-bond acceptors (Lipinski definition) is 2. The minimum Gasteiger partial charge on any atom is -0.479 e. The Hall–Kier alpha value is -1.87. The van der Waals surface area contributed by atoms with Crippen molar-refractivity contribution in [3.63, 3.8) is 0 Å². The molecule has 1 N–H and O–H groups in total. The van der Waals surface area contributed by atoms with Crippen molar-refractivity contribution < 1.29 is 14.6 Å². The monoisotopic (exact) mass is 300 g/mol. The minimum atomic E-state index is -0.864. The molecule has 0 aliphatic carbocycles. The van der Waals surface area contributed by atoms with Gasteiger partial charge in [-0.1, -0.05) is 75.1 Å². The number of rotatable bonds is 9. The minimum absolute atomic E-state index is 0.339. The van der Waals surface area contributed by atoms with Crippen LogP contribution in [0.3, 0.4) is 0 Å². The predicted molar refractivity (Wildman–Crippen MR) is 88.9 cm³/mol. The maximum absolute atomic E-state index is 11.3. The predicted octanol–water partition coefficient (Wildman–Crippen LogP) is 4.78. The summed E-state index contributed by atoms with van der Waals surface area (Å²) in [5, 5.41) is 11.6. The van der Waals surface area contributed by atoms with Crippen molar-refractivity contribution in [2.24, 2.45) is 0 Å². The third-order valence-electron chi connectivity index (χ3n) is 3.92. The van der Waals surface area contributed by atoms with Crippen molar-refractivity contribution in [3.05, 3.63) is 48.0 Å². The fraction of sp³-hybridized carbons (Fsp3) is 0.421. The molecule has 22 heavy (non-hydrogen) atoms. The van der Waals surface area contributed by atoms with Crippen LogP contribution < -0.4 is 0 Å². The van der Waals surface area contributed by atoms with Gasteiger partial charge in [0.1, 0.15) is 0 Å². The Morgan fingerprint density at radius 3 is 2.64 bits per heavy atom. The third-order valence-corrected chi connectivity index (χ3v) is 3.92. The number of benzene rings is 2. The largest absolute Gasteiger partial charge is 0.479 e. The van der Waals surface area contributed by atoms with Gasteiger partial charge in [-0.25, -0.2) is 4.79 Å². The number of carboxylic acid groups (broad SMARTS) is 1. The van der Waals surface area contributed by atoms with Crippen molar-refractivity contribution in [2.45, 2.75) is 51.7 Å². The first kappa shape index (κ1) is 16.5. The molecular weight excluding hydrogens is 276 g/mol. The average Bonchev–Trinajstić information content (AvgIpc) is 2.54. The van der Waals surface area contributed by atoms with Crippen LogP contribution in [0.25, 0.3) is 10.8 Å². The van der Waals surface area contributed by atoms with Crippen molar-refractivity contribution in [1.82, 2.24) is 0 Å². The summed E-state index contributed by atoms with van der Waals surface area (Å²) < 4.78 is 5.68. The van der Waals surface area contributed by atoms with Gasteiger partial charge in [-0.05, 0) is 22.8 Å². The summed E-state index contributed by atoms with van der Waals surface area (Å²) in [5.74, 6) is -0.864. The fourth-order valence-electron chi connectivity index (χ4n) is 2.64. The van der Waals surface area contributed by atoms with Crippen molar-refractivity contribution in [3.8, 4) is 0 Å². The normalized spacial score (nSPS) is 12.4. The van der Waals surface area contributed by atoms with E-state index in [0.29, 0.717) is 13.0 Å². The smallest absolute Gasteiger partial charge is 0.332 e. The van der Waals surface area contributed by atoms with Crippen LogP contribution in [0.4, 0.5) is 0 Å². The van der Waals surface area contributed by atoms with E-state index in [-0.39, 0.29) is 0 Å². The Morgan fingerprint density at radius 1 is 1.09 bits per heavy atom. The van der Waals surface area contributed by atoms with Crippen LogP contribution in [0.15, 0.2) is 42.5 Å². The van der Waals surface area contributed by atoms with Gasteiger partial charge in [-0.3, -0.25) is 0 Å². The summed E-state index contributed by atoms with van der Waals surface area (Å²) in [4.78, 5) is 11.3. The zero-order valence-electron chi connectivity index (χ0n) is 13.1. The van der Waals surface area contributed by atoms with E-state index in [1.807, 2.05) is 30.3 Å². The first-order valence-corrected chi connectivity index (χ1v) is 8.03. The number of carboxylic acids is 1. The van der Waals surface area contributed by atoms with Crippen LogP contribution in [-0.2, 0) is 16.1 Å². The van der Waals surface area contributed by atoms with E-state index in [1.165, 1.54) is 0 Å². The summed E-state index contributed by atoms with van der Waals surface area (Å²) in [7, 11) is 0. The Labute approximate surface area is 131 Å². The van der Waals surface area contributed by atoms with Crippen LogP contribution in [-0.4, -0.2) is 17.2 Å². The Balaban J connectivity index is 1.97. The molecule has 0 spiro atoms. The molecule has 2 rings (SSSR count). The van der Waals surface area contributed by atoms with Crippen LogP contribution in [0.5, 0.6) is 0 Å². The molecule has 1 atom stereocenters. The average molecular weight is 300 g/mol. The first-order valence-electron chi connectivity index (χ1n) is 8.03. The molecule has 0 aromatic heterocycles. The number of hydrogen-bond donors (Lipinski definition) is 1. The van der Waals surface area contributed by atoms with Gasteiger partial charge in [0.15, 0.2) is 6.10 Å². The van der Waals surface area contributed by atoms with Crippen LogP contribution in [0.1, 0.15) is 44.6 Å². The molecule has 2 aromatic rings. The molecule has 0 aliphatic heterocycles. The highest BCUT2D eigenvalue weighted by Gasteiger charge is 2.17. The number of aliphatic carboxylic acids is 1. The highest BCUT2D eigenvalue weighted by Crippen LogP contribution is 2.20. The van der Waals surface area contributed by atoms with E-state index in [9.17, 15) is 9.90 Å². The van der Waals surface area contributed by atoms with Gasteiger partial charge in [-0.2, -0.15) is 0 Å². The van der Waals surface area contributed by atoms with Gasteiger partial charge >= 0.3 is 5.97 Å². The highest BCUT2D eigenvalue weighted by molar-refractivity contribution is 5.85. The number of ether oxygens (including phenoxy) is 1. The van der Waals surface area contributed by atoms with E-state index in [4.69, 9.17) is 4.74 Å². The lowest BCUT2D eigenvalue weighted by molar-refractivity contribution is -0.151. The zero-order chi connectivity index (χ0) is 15.8. The molecule has 0 aliphatic rings. The lowest BCUT2D eigenvalue weighted by Gasteiger charge is -2.14. The molecule has 2 aromatic carbocycles. The molecule has 0 saturated carbocycles. The molecule has 0 saturated heterocycles. The molecule has 0 fully saturated rings. The number of fused-ring (bicyclic) bond motifs is 1. The van der Waals surface area contributed by atoms with Crippen molar-refractivity contribution >= 4 is 16.7 Å². The number of unbranched alkanes of at least 4 members (excludes halogenated alkanes) is 3. The van der Waals surface area contributed by atoms with Crippen molar-refractivity contribution in [1.29, 1.82) is 0 Å². The van der Waals surface area contributed by atoms with E-state index >= 15 is 0 Å². The van der Waals surface area contributed by atoms with Crippen LogP contribution in [0, 0.1) is 0 Å². The van der Waals surface area contributed by atoms with Gasteiger partial charge in [0.25, 0.3) is 0 Å². The van der Waals surface area contributed by atoms with E-state index in [2.05, 4.69) is 19.1 Å². The molecule has 0 heterocycles. The Morgan fingerprint density at radius 2 is 1.86 bits per heavy atom. The molecule has 0 bridgehead atoms. The third kappa shape index (κ3) is 4.57. The summed E-state index contributed by atoms with van der Waals surface area (Å²) in [6.45, 7) is 2.48. The lowest BCUT2D eigenvalue weighted by atomic mass is 10.1. The molecule has 118 valence electrons. The van der Waals surface area contributed by atoms with Gasteiger partial charge in [0.05, 0.1) is 6.61 Å². The van der Waals surface area contributed by atoms with Gasteiger partial charge in [-0.15, -0.1) is 0 Å². The molecule has 0 amide bonds. The van der Waals surface area contributed by atoms with Gasteiger partial charge < -0.3 is 9.84 Å². The second kappa shape index (κ2) is 8.54. The maximum atomic E-state index is 11.3. The molecular formula is C19H24O3. The van der Waals surface area contributed by atoms with Crippen molar-refractivity contribution in [2.75, 3.05) is 0 Å². The van der Waals surface area contributed by atoms with Crippen LogP contribution >= 0.6 is 0 Å². The molecule has 1 unspecified atom stereocenters. The topological polar surface area (TPSA) is 46.5 Å².